The van der Waals surface area contributed by atoms with E-state index in [-0.39, 0.29) is 12.2 Å². The van der Waals surface area contributed by atoms with Crippen LogP contribution in [0.5, 0.6) is 0 Å². The van der Waals surface area contributed by atoms with Gasteiger partial charge in [-0.05, 0) is 25.1 Å². The van der Waals surface area contributed by atoms with Gasteiger partial charge in [0.2, 0.25) is 0 Å². The van der Waals surface area contributed by atoms with Crippen molar-refractivity contribution in [3.05, 3.63) is 35.6 Å². The Morgan fingerprint density at radius 2 is 2.12 bits per heavy atom. The third-order valence-electron chi connectivity index (χ3n) is 2.54. The molecule has 0 spiro atoms. The van der Waals surface area contributed by atoms with Gasteiger partial charge in [-0.2, -0.15) is 0 Å². The highest BCUT2D eigenvalue weighted by molar-refractivity contribution is 5.78. The lowest BCUT2D eigenvalue weighted by atomic mass is 9.92. The smallest absolute Gasteiger partial charge is 0.323 e. The van der Waals surface area contributed by atoms with Crippen molar-refractivity contribution in [2.45, 2.75) is 25.8 Å². The second kappa shape index (κ2) is 5.07. The van der Waals surface area contributed by atoms with Gasteiger partial charge in [0.25, 0.3) is 0 Å². The maximum atomic E-state index is 13.4. The molecule has 1 rings (SSSR count). The van der Waals surface area contributed by atoms with Crippen molar-refractivity contribution >= 4 is 5.97 Å². The molecule has 0 radical (unpaired) electrons. The summed E-state index contributed by atoms with van der Waals surface area (Å²) in [6.45, 7) is 3.91. The molecule has 0 bridgehead atoms. The maximum Gasteiger partial charge on any atom is 0.323 e. The Morgan fingerprint density at radius 3 is 2.62 bits per heavy atom. The zero-order chi connectivity index (χ0) is 12.2. The molecule has 1 aromatic carbocycles. The number of carboxylic acids is 1. The van der Waals surface area contributed by atoms with Crippen LogP contribution < -0.4 is 5.32 Å². The van der Waals surface area contributed by atoms with Crippen LogP contribution in [0.4, 0.5) is 4.39 Å². The number of hydrogen-bond donors (Lipinski definition) is 2. The summed E-state index contributed by atoms with van der Waals surface area (Å²) >= 11 is 0. The summed E-state index contributed by atoms with van der Waals surface area (Å²) in [6, 6.07) is 6.23. The van der Waals surface area contributed by atoms with Crippen molar-refractivity contribution in [2.75, 3.05) is 6.54 Å². The highest BCUT2D eigenvalue weighted by Gasteiger charge is 2.32. The van der Waals surface area contributed by atoms with Crippen LogP contribution in [-0.4, -0.2) is 23.2 Å². The summed E-state index contributed by atoms with van der Waals surface area (Å²) in [4.78, 5) is 11.1. The number of rotatable bonds is 5. The molecule has 0 amide bonds. The van der Waals surface area contributed by atoms with Gasteiger partial charge < -0.3 is 10.4 Å². The molecular formula is C12H16FNO2. The van der Waals surface area contributed by atoms with E-state index in [1.807, 2.05) is 6.92 Å². The van der Waals surface area contributed by atoms with E-state index < -0.39 is 11.5 Å². The predicted octanol–water partition coefficient (Wildman–Crippen LogP) is 1.82. The molecule has 16 heavy (non-hydrogen) atoms. The zero-order valence-corrected chi connectivity index (χ0v) is 9.46. The largest absolute Gasteiger partial charge is 0.480 e. The summed E-state index contributed by atoms with van der Waals surface area (Å²) in [7, 11) is 0. The fraction of sp³-hybridized carbons (Fsp3) is 0.417. The van der Waals surface area contributed by atoms with Crippen LogP contribution in [0.1, 0.15) is 19.4 Å². The molecule has 1 aromatic rings. The molecule has 4 heteroatoms. The van der Waals surface area contributed by atoms with Crippen LogP contribution in [0.2, 0.25) is 0 Å². The Labute approximate surface area is 94.3 Å². The summed E-state index contributed by atoms with van der Waals surface area (Å²) in [5.74, 6) is -1.34. The van der Waals surface area contributed by atoms with Crippen molar-refractivity contribution in [3.8, 4) is 0 Å². The fourth-order valence-electron chi connectivity index (χ4n) is 1.63. The Kier molecular flexibility index (Phi) is 4.01. The van der Waals surface area contributed by atoms with Crippen molar-refractivity contribution in [3.63, 3.8) is 0 Å². The highest BCUT2D eigenvalue weighted by atomic mass is 19.1. The predicted molar refractivity (Wildman–Crippen MR) is 59.8 cm³/mol. The van der Waals surface area contributed by atoms with Gasteiger partial charge in [-0.3, -0.25) is 4.79 Å². The molecule has 0 aliphatic rings. The summed E-state index contributed by atoms with van der Waals surface area (Å²) in [5.41, 5.74) is -0.718. The molecule has 1 atom stereocenters. The Hall–Kier alpha value is -1.42. The average Bonchev–Trinajstić information content (AvgIpc) is 2.21. The van der Waals surface area contributed by atoms with Crippen LogP contribution in [-0.2, 0) is 11.2 Å². The molecular weight excluding hydrogens is 209 g/mol. The van der Waals surface area contributed by atoms with Gasteiger partial charge in [0.1, 0.15) is 11.4 Å². The number of aliphatic carboxylic acids is 1. The molecule has 88 valence electrons. The van der Waals surface area contributed by atoms with Crippen molar-refractivity contribution < 1.29 is 14.3 Å². The Bertz CT molecular complexity index is 381. The second-order valence-electron chi connectivity index (χ2n) is 3.94. The van der Waals surface area contributed by atoms with Gasteiger partial charge in [0.05, 0.1) is 0 Å². The van der Waals surface area contributed by atoms with E-state index >= 15 is 0 Å². The summed E-state index contributed by atoms with van der Waals surface area (Å²) in [5, 5.41) is 12.0. The Morgan fingerprint density at radius 1 is 1.50 bits per heavy atom. The first kappa shape index (κ1) is 12.6. The number of nitrogens with one attached hydrogen (secondary N) is 1. The van der Waals surface area contributed by atoms with Crippen LogP contribution in [0.15, 0.2) is 24.3 Å². The molecule has 0 aliphatic carbocycles. The molecule has 2 N–H and O–H groups in total. The van der Waals surface area contributed by atoms with E-state index in [0.29, 0.717) is 12.1 Å². The van der Waals surface area contributed by atoms with Crippen molar-refractivity contribution in [1.82, 2.24) is 5.32 Å². The maximum absolute atomic E-state index is 13.4. The Balaban J connectivity index is 2.92. The molecule has 1 unspecified atom stereocenters. The number of benzene rings is 1. The zero-order valence-electron chi connectivity index (χ0n) is 9.46. The number of halogens is 1. The molecule has 0 fully saturated rings. The number of carbonyl (C=O) groups is 1. The standard InChI is InChI=1S/C12H16FNO2/c1-3-14-12(2,11(15)16)8-9-6-4-5-7-10(9)13/h4-7,14H,3,8H2,1-2H3,(H,15,16). The normalized spacial score (nSPS) is 14.4. The SMILES string of the molecule is CCNC(C)(Cc1ccccc1F)C(=O)O. The van der Waals surface area contributed by atoms with Gasteiger partial charge in [-0.1, -0.05) is 25.1 Å². The van der Waals surface area contributed by atoms with E-state index in [2.05, 4.69) is 5.32 Å². The van der Waals surface area contributed by atoms with E-state index in [0.717, 1.165) is 0 Å². The monoisotopic (exact) mass is 225 g/mol. The van der Waals surface area contributed by atoms with Gasteiger partial charge in [-0.15, -0.1) is 0 Å². The minimum Gasteiger partial charge on any atom is -0.480 e. The van der Waals surface area contributed by atoms with E-state index in [1.165, 1.54) is 6.07 Å². The molecule has 0 aliphatic heterocycles. The third-order valence-corrected chi connectivity index (χ3v) is 2.54. The quantitative estimate of drug-likeness (QED) is 0.803. The van der Waals surface area contributed by atoms with E-state index in [4.69, 9.17) is 5.11 Å². The first-order chi connectivity index (χ1) is 7.49. The van der Waals surface area contributed by atoms with Gasteiger partial charge in [0, 0.05) is 6.42 Å². The summed E-state index contributed by atoms with van der Waals surface area (Å²) in [6.07, 6.45) is 0.128. The summed E-state index contributed by atoms with van der Waals surface area (Å²) < 4.78 is 13.4. The first-order valence-corrected chi connectivity index (χ1v) is 5.21. The molecule has 3 nitrogen and oxygen atoms in total. The van der Waals surface area contributed by atoms with E-state index in [1.54, 1.807) is 25.1 Å². The first-order valence-electron chi connectivity index (χ1n) is 5.21. The van der Waals surface area contributed by atoms with Crippen molar-refractivity contribution in [2.24, 2.45) is 0 Å². The van der Waals surface area contributed by atoms with Gasteiger partial charge >= 0.3 is 5.97 Å². The molecule has 0 heterocycles. The van der Waals surface area contributed by atoms with Crippen LogP contribution in [0.3, 0.4) is 0 Å². The molecule has 0 saturated heterocycles. The third kappa shape index (κ3) is 2.79. The minimum atomic E-state index is -1.13. The second-order valence-corrected chi connectivity index (χ2v) is 3.94. The average molecular weight is 225 g/mol. The number of carboxylic acid groups (broad SMARTS) is 1. The van der Waals surface area contributed by atoms with Crippen molar-refractivity contribution in [1.29, 1.82) is 0 Å². The van der Waals surface area contributed by atoms with Crippen LogP contribution in [0, 0.1) is 5.82 Å². The number of likely N-dealkylation sites (N-methyl/N-ethyl adjacent to an activating group) is 1. The van der Waals surface area contributed by atoms with Gasteiger partial charge in [-0.25, -0.2) is 4.39 Å². The number of hydrogen-bond acceptors (Lipinski definition) is 2. The topological polar surface area (TPSA) is 49.3 Å². The van der Waals surface area contributed by atoms with E-state index in [9.17, 15) is 9.18 Å². The minimum absolute atomic E-state index is 0.128. The van der Waals surface area contributed by atoms with Crippen LogP contribution >= 0.6 is 0 Å². The lowest BCUT2D eigenvalue weighted by Gasteiger charge is -2.25. The lowest BCUT2D eigenvalue weighted by Crippen LogP contribution is -2.51. The highest BCUT2D eigenvalue weighted by Crippen LogP contribution is 2.16. The molecule has 0 aromatic heterocycles. The van der Waals surface area contributed by atoms with Crippen LogP contribution in [0.25, 0.3) is 0 Å². The lowest BCUT2D eigenvalue weighted by molar-refractivity contribution is -0.144. The fourth-order valence-corrected chi connectivity index (χ4v) is 1.63. The van der Waals surface area contributed by atoms with Gasteiger partial charge in [0.15, 0.2) is 0 Å². The molecule has 0 saturated carbocycles.